The van der Waals surface area contributed by atoms with E-state index in [1.807, 2.05) is 19.2 Å². The minimum absolute atomic E-state index is 0.932. The zero-order valence-electron chi connectivity index (χ0n) is 16.5. The van der Waals surface area contributed by atoms with Gasteiger partial charge in [-0.15, -0.1) is 0 Å². The van der Waals surface area contributed by atoms with Gasteiger partial charge in [0.1, 0.15) is 0 Å². The second-order valence-corrected chi connectivity index (χ2v) is 7.22. The van der Waals surface area contributed by atoms with E-state index in [0.717, 1.165) is 10.4 Å². The average molecular weight is 374 g/mol. The van der Waals surface area contributed by atoms with E-state index >= 15 is 0 Å². The summed E-state index contributed by atoms with van der Waals surface area (Å²) in [5, 5.41) is 1.29. The van der Waals surface area contributed by atoms with Crippen LogP contribution in [-0.2, 0) is 0 Å². The Bertz CT molecular complexity index is 985. The maximum atomic E-state index is 5.15. The predicted molar refractivity (Wildman–Crippen MR) is 124 cm³/mol. The van der Waals surface area contributed by atoms with E-state index in [-0.39, 0.29) is 0 Å². The lowest BCUT2D eigenvalue weighted by Gasteiger charge is -2.06. The third-order valence-corrected chi connectivity index (χ3v) is 4.74. The molecule has 0 unspecified atom stereocenters. The van der Waals surface area contributed by atoms with Crippen molar-refractivity contribution in [3.8, 4) is 0 Å². The van der Waals surface area contributed by atoms with Crippen molar-refractivity contribution in [1.82, 2.24) is 4.98 Å². The van der Waals surface area contributed by atoms with E-state index < -0.39 is 0 Å². The maximum absolute atomic E-state index is 5.15. The van der Waals surface area contributed by atoms with E-state index in [1.54, 1.807) is 6.08 Å². The van der Waals surface area contributed by atoms with E-state index in [0.29, 0.717) is 0 Å². The highest BCUT2D eigenvalue weighted by Gasteiger charge is 2.00. The molecule has 3 aromatic rings. The number of rotatable bonds is 4. The van der Waals surface area contributed by atoms with Gasteiger partial charge >= 0.3 is 0 Å². The molecule has 0 saturated heterocycles. The molecule has 0 spiro atoms. The van der Waals surface area contributed by atoms with Crippen molar-refractivity contribution in [1.29, 1.82) is 0 Å². The van der Waals surface area contributed by atoms with E-state index in [4.69, 9.17) is 12.2 Å². The first-order valence-electron chi connectivity index (χ1n) is 9.04. The molecule has 1 aromatic heterocycles. The van der Waals surface area contributed by atoms with Gasteiger partial charge in [-0.05, 0) is 73.6 Å². The van der Waals surface area contributed by atoms with Crippen LogP contribution >= 0.6 is 12.2 Å². The summed E-state index contributed by atoms with van der Waals surface area (Å²) in [6.07, 6.45) is 7.77. The Morgan fingerprint density at radius 1 is 0.963 bits per heavy atom. The van der Waals surface area contributed by atoms with E-state index in [2.05, 4.69) is 86.9 Å². The number of fused-ring (bicyclic) bond motifs is 1. The quantitative estimate of drug-likeness (QED) is 0.285. The Morgan fingerprint density at radius 3 is 2.26 bits per heavy atom. The van der Waals surface area contributed by atoms with Gasteiger partial charge in [0.25, 0.3) is 0 Å². The standard InChI is InChI=1S/C16H18S.C9H9N/c1-5-6-7-12(2)13(3)15-8-10-16(11-9-15)14(4)17;1-7-2-3-9-8(6-7)4-5-10-9/h5-11H,1H2,2-4H3;2-6,10H,1H3/b7-6-,13-12+;. The summed E-state index contributed by atoms with van der Waals surface area (Å²) < 4.78 is 0. The molecule has 1 nitrogen and oxygen atoms in total. The summed E-state index contributed by atoms with van der Waals surface area (Å²) in [6, 6.07) is 16.9. The molecule has 0 aliphatic rings. The Balaban J connectivity index is 0.000000219. The van der Waals surface area contributed by atoms with Crippen LogP contribution in [0.3, 0.4) is 0 Å². The second kappa shape index (κ2) is 9.84. The minimum Gasteiger partial charge on any atom is -0.361 e. The maximum Gasteiger partial charge on any atom is 0.0454 e. The van der Waals surface area contributed by atoms with Gasteiger partial charge in [-0.2, -0.15) is 0 Å². The Morgan fingerprint density at radius 2 is 1.63 bits per heavy atom. The number of aromatic nitrogens is 1. The summed E-state index contributed by atoms with van der Waals surface area (Å²) in [5.41, 5.74) is 7.40. The van der Waals surface area contributed by atoms with Crippen molar-refractivity contribution >= 4 is 33.6 Å². The van der Waals surface area contributed by atoms with Crippen molar-refractivity contribution in [3.63, 3.8) is 0 Å². The number of allylic oxidation sites excluding steroid dienone is 5. The molecule has 0 saturated carbocycles. The van der Waals surface area contributed by atoms with Crippen molar-refractivity contribution in [2.24, 2.45) is 0 Å². The highest BCUT2D eigenvalue weighted by Crippen LogP contribution is 2.19. The van der Waals surface area contributed by atoms with Gasteiger partial charge in [0.05, 0.1) is 0 Å². The van der Waals surface area contributed by atoms with Crippen LogP contribution in [0.4, 0.5) is 0 Å². The molecule has 2 heteroatoms. The monoisotopic (exact) mass is 373 g/mol. The summed E-state index contributed by atoms with van der Waals surface area (Å²) >= 11 is 5.15. The number of aryl methyl sites for hydroxylation is 1. The molecule has 0 fully saturated rings. The largest absolute Gasteiger partial charge is 0.361 e. The van der Waals surface area contributed by atoms with Gasteiger partial charge in [-0.25, -0.2) is 0 Å². The number of hydrogen-bond acceptors (Lipinski definition) is 1. The Labute approximate surface area is 168 Å². The molecule has 0 aliphatic heterocycles. The van der Waals surface area contributed by atoms with Crippen LogP contribution < -0.4 is 0 Å². The van der Waals surface area contributed by atoms with E-state index in [1.165, 1.54) is 33.2 Å². The second-order valence-electron chi connectivity index (χ2n) is 6.60. The molecule has 27 heavy (non-hydrogen) atoms. The number of aromatic amines is 1. The lowest BCUT2D eigenvalue weighted by atomic mass is 10.00. The number of hydrogen-bond donors (Lipinski definition) is 1. The topological polar surface area (TPSA) is 15.8 Å². The lowest BCUT2D eigenvalue weighted by Crippen LogP contribution is -1.90. The van der Waals surface area contributed by atoms with Crippen LogP contribution in [0, 0.1) is 6.92 Å². The van der Waals surface area contributed by atoms with Crippen LogP contribution in [0.5, 0.6) is 0 Å². The van der Waals surface area contributed by atoms with Gasteiger partial charge in [0, 0.05) is 16.6 Å². The van der Waals surface area contributed by atoms with Crippen LogP contribution in [-0.4, -0.2) is 9.85 Å². The van der Waals surface area contributed by atoms with Crippen molar-refractivity contribution in [3.05, 3.63) is 102 Å². The number of benzene rings is 2. The van der Waals surface area contributed by atoms with Gasteiger partial charge in [0.2, 0.25) is 0 Å². The molecule has 0 aliphatic carbocycles. The van der Waals surface area contributed by atoms with Crippen LogP contribution in [0.25, 0.3) is 16.5 Å². The molecule has 1 heterocycles. The molecule has 0 atom stereocenters. The molecule has 1 N–H and O–H groups in total. The van der Waals surface area contributed by atoms with Crippen LogP contribution in [0.1, 0.15) is 37.5 Å². The highest BCUT2D eigenvalue weighted by molar-refractivity contribution is 7.80. The Hall–Kier alpha value is -2.71. The first-order chi connectivity index (χ1) is 12.9. The zero-order valence-corrected chi connectivity index (χ0v) is 17.4. The number of H-pyrrole nitrogens is 1. The van der Waals surface area contributed by atoms with Crippen LogP contribution in [0.15, 0.2) is 85.1 Å². The fourth-order valence-corrected chi connectivity index (χ4v) is 2.83. The first kappa shape index (κ1) is 20.6. The van der Waals surface area contributed by atoms with Gasteiger partial charge in [-0.1, -0.05) is 72.9 Å². The average Bonchev–Trinajstić information content (AvgIpc) is 3.13. The number of thiocarbonyl (C=S) groups is 1. The SMILES string of the molecule is C=C/C=C\C(C)=C(/C)c1ccc(C(C)=S)cc1.Cc1ccc2[nH]ccc2c1. The van der Waals surface area contributed by atoms with Crippen LogP contribution in [0.2, 0.25) is 0 Å². The minimum atomic E-state index is 0.932. The summed E-state index contributed by atoms with van der Waals surface area (Å²) in [5.74, 6) is 0. The van der Waals surface area contributed by atoms with E-state index in [9.17, 15) is 0 Å². The van der Waals surface area contributed by atoms with Gasteiger partial charge in [-0.3, -0.25) is 0 Å². The summed E-state index contributed by atoms with van der Waals surface area (Å²) in [7, 11) is 0. The molecule has 138 valence electrons. The van der Waals surface area contributed by atoms with Crippen molar-refractivity contribution in [2.75, 3.05) is 0 Å². The summed E-state index contributed by atoms with van der Waals surface area (Å²) in [4.78, 5) is 4.08. The van der Waals surface area contributed by atoms with Gasteiger partial charge < -0.3 is 4.98 Å². The molecule has 0 radical (unpaired) electrons. The van der Waals surface area contributed by atoms with Crippen molar-refractivity contribution < 1.29 is 0 Å². The van der Waals surface area contributed by atoms with Crippen molar-refractivity contribution in [2.45, 2.75) is 27.7 Å². The predicted octanol–water partition coefficient (Wildman–Crippen LogP) is 7.44. The molecule has 2 aromatic carbocycles. The Kier molecular flexibility index (Phi) is 7.51. The third-order valence-electron chi connectivity index (χ3n) is 4.51. The normalized spacial score (nSPS) is 11.7. The lowest BCUT2D eigenvalue weighted by molar-refractivity contribution is 1.45. The molecular formula is C25H27NS. The molecular weight excluding hydrogens is 346 g/mol. The molecule has 0 amide bonds. The molecule has 0 bridgehead atoms. The number of nitrogens with one attached hydrogen (secondary N) is 1. The third kappa shape index (κ3) is 5.90. The zero-order chi connectivity index (χ0) is 19.8. The summed E-state index contributed by atoms with van der Waals surface area (Å²) in [6.45, 7) is 12.0. The molecule has 3 rings (SSSR count). The first-order valence-corrected chi connectivity index (χ1v) is 9.45. The fourth-order valence-electron chi connectivity index (χ4n) is 2.69. The van der Waals surface area contributed by atoms with Gasteiger partial charge in [0.15, 0.2) is 0 Å². The smallest absolute Gasteiger partial charge is 0.0454 e. The fraction of sp³-hybridized carbons (Fsp3) is 0.160. The highest BCUT2D eigenvalue weighted by atomic mass is 32.1.